The third-order valence-corrected chi connectivity index (χ3v) is 7.52. The van der Waals surface area contributed by atoms with Gasteiger partial charge in [-0.2, -0.15) is 0 Å². The number of carbonyl (C=O) groups excluding carboxylic acids is 2. The van der Waals surface area contributed by atoms with Crippen molar-refractivity contribution >= 4 is 27.5 Å². The fourth-order valence-electron chi connectivity index (χ4n) is 3.75. The zero-order chi connectivity index (χ0) is 25.6. The zero-order valence-electron chi connectivity index (χ0n) is 20.6. The maximum atomic E-state index is 13.6. The summed E-state index contributed by atoms with van der Waals surface area (Å²) in [6, 6.07) is 11.6. The normalized spacial score (nSPS) is 13.3. The van der Waals surface area contributed by atoms with Gasteiger partial charge in [-0.25, -0.2) is 8.42 Å². The van der Waals surface area contributed by atoms with Gasteiger partial charge in [-0.3, -0.25) is 13.9 Å². The lowest BCUT2D eigenvalue weighted by Crippen LogP contribution is -2.51. The third kappa shape index (κ3) is 6.45. The van der Waals surface area contributed by atoms with Gasteiger partial charge < -0.3 is 19.7 Å². The van der Waals surface area contributed by atoms with Gasteiger partial charge in [0.1, 0.15) is 12.6 Å². The van der Waals surface area contributed by atoms with E-state index in [2.05, 4.69) is 5.32 Å². The fraction of sp³-hybridized carbons (Fsp3) is 0.440. The summed E-state index contributed by atoms with van der Waals surface area (Å²) in [4.78, 5) is 27.8. The first-order valence-electron chi connectivity index (χ1n) is 11.7. The molecule has 2 aromatic rings. The van der Waals surface area contributed by atoms with Gasteiger partial charge in [-0.1, -0.05) is 36.8 Å². The van der Waals surface area contributed by atoms with Crippen molar-refractivity contribution in [2.75, 3.05) is 29.9 Å². The molecule has 0 aromatic heterocycles. The molecule has 35 heavy (non-hydrogen) atoms. The minimum absolute atomic E-state index is 0.0485. The van der Waals surface area contributed by atoms with Crippen LogP contribution < -0.4 is 19.1 Å². The summed E-state index contributed by atoms with van der Waals surface area (Å²) in [5.74, 6) is -0.0494. The average Bonchev–Trinajstić information content (AvgIpc) is 3.31. The van der Waals surface area contributed by atoms with E-state index in [0.29, 0.717) is 23.7 Å². The van der Waals surface area contributed by atoms with E-state index >= 15 is 0 Å². The first kappa shape index (κ1) is 26.3. The van der Waals surface area contributed by atoms with Crippen molar-refractivity contribution in [2.24, 2.45) is 0 Å². The summed E-state index contributed by atoms with van der Waals surface area (Å²) in [7, 11) is -3.81. The van der Waals surface area contributed by atoms with Crippen molar-refractivity contribution in [3.05, 3.63) is 53.6 Å². The van der Waals surface area contributed by atoms with Crippen LogP contribution in [0.2, 0.25) is 0 Å². The summed E-state index contributed by atoms with van der Waals surface area (Å²) in [6.45, 7) is 7.32. The number of nitrogens with one attached hydrogen (secondary N) is 1. The van der Waals surface area contributed by atoms with Gasteiger partial charge in [0, 0.05) is 19.2 Å². The molecule has 0 unspecified atom stereocenters. The largest absolute Gasteiger partial charge is 0.454 e. The molecule has 1 N–H and O–H groups in total. The van der Waals surface area contributed by atoms with Crippen molar-refractivity contribution in [2.45, 2.75) is 46.7 Å². The molecule has 1 aliphatic rings. The van der Waals surface area contributed by atoms with E-state index in [9.17, 15) is 18.0 Å². The first-order chi connectivity index (χ1) is 16.7. The summed E-state index contributed by atoms with van der Waals surface area (Å²) >= 11 is 0. The Balaban J connectivity index is 1.93. The lowest BCUT2D eigenvalue weighted by Gasteiger charge is -2.32. The van der Waals surface area contributed by atoms with Crippen LogP contribution in [0.5, 0.6) is 11.5 Å². The highest BCUT2D eigenvalue weighted by molar-refractivity contribution is 7.92. The van der Waals surface area contributed by atoms with Crippen molar-refractivity contribution < 1.29 is 27.5 Å². The average molecular weight is 504 g/mol. The van der Waals surface area contributed by atoms with Gasteiger partial charge in [0.15, 0.2) is 11.5 Å². The Kier molecular flexibility index (Phi) is 8.61. The smallest absolute Gasteiger partial charge is 0.244 e. The summed E-state index contributed by atoms with van der Waals surface area (Å²) in [6.07, 6.45) is 0.761. The lowest BCUT2D eigenvalue weighted by atomic mass is 10.1. The molecule has 190 valence electrons. The fourth-order valence-corrected chi connectivity index (χ4v) is 4.80. The molecule has 0 saturated carbocycles. The maximum absolute atomic E-state index is 13.6. The quantitative estimate of drug-likeness (QED) is 0.506. The monoisotopic (exact) mass is 503 g/mol. The van der Waals surface area contributed by atoms with Crippen LogP contribution in [0.25, 0.3) is 0 Å². The molecule has 2 amide bonds. The molecule has 2 aromatic carbocycles. The highest BCUT2D eigenvalue weighted by atomic mass is 32.2. The molecule has 0 aliphatic carbocycles. The van der Waals surface area contributed by atoms with Crippen LogP contribution in [0.3, 0.4) is 0 Å². The maximum Gasteiger partial charge on any atom is 0.244 e. The Morgan fingerprint density at radius 3 is 2.51 bits per heavy atom. The van der Waals surface area contributed by atoms with Gasteiger partial charge in [-0.05, 0) is 44.9 Å². The SMILES string of the molecule is CCCNC(=O)[C@@H](C)N(Cc1cccc(C)c1)C(=O)CN(c1ccc2c(c1)OCO2)S(=O)(=O)CC. The molecule has 1 atom stereocenters. The van der Waals surface area contributed by atoms with Gasteiger partial charge in [0.05, 0.1) is 11.4 Å². The minimum atomic E-state index is -3.81. The predicted molar refractivity (Wildman–Crippen MR) is 134 cm³/mol. The number of aryl methyl sites for hydroxylation is 1. The Labute approximate surface area is 207 Å². The number of carbonyl (C=O) groups is 2. The molecular formula is C25H33N3O6S. The van der Waals surface area contributed by atoms with Crippen molar-refractivity contribution in [1.82, 2.24) is 10.2 Å². The van der Waals surface area contributed by atoms with E-state index in [4.69, 9.17) is 9.47 Å². The number of amides is 2. The van der Waals surface area contributed by atoms with Crippen molar-refractivity contribution in [3.8, 4) is 11.5 Å². The third-order valence-electron chi connectivity index (χ3n) is 5.78. The van der Waals surface area contributed by atoms with Crippen LogP contribution >= 0.6 is 0 Å². The van der Waals surface area contributed by atoms with Gasteiger partial charge >= 0.3 is 0 Å². The number of anilines is 1. The second kappa shape index (κ2) is 11.4. The van der Waals surface area contributed by atoms with E-state index in [0.717, 1.165) is 21.9 Å². The van der Waals surface area contributed by atoms with E-state index in [1.54, 1.807) is 25.1 Å². The van der Waals surface area contributed by atoms with E-state index in [1.165, 1.54) is 11.8 Å². The number of fused-ring (bicyclic) bond motifs is 1. The predicted octanol–water partition coefficient (Wildman–Crippen LogP) is 2.82. The number of benzene rings is 2. The molecule has 0 radical (unpaired) electrons. The molecule has 9 nitrogen and oxygen atoms in total. The van der Waals surface area contributed by atoms with Crippen molar-refractivity contribution in [1.29, 1.82) is 0 Å². The van der Waals surface area contributed by atoms with Gasteiger partial charge in [0.25, 0.3) is 0 Å². The Hall–Kier alpha value is -3.27. The van der Waals surface area contributed by atoms with Gasteiger partial charge in [-0.15, -0.1) is 0 Å². The van der Waals surface area contributed by atoms with E-state index < -0.39 is 28.5 Å². The highest BCUT2D eigenvalue weighted by Gasteiger charge is 2.31. The van der Waals surface area contributed by atoms with Crippen LogP contribution in [-0.4, -0.2) is 56.8 Å². The molecule has 0 saturated heterocycles. The van der Waals surface area contributed by atoms with Gasteiger partial charge in [0.2, 0.25) is 28.6 Å². The molecule has 1 aliphatic heterocycles. The molecule has 1 heterocycles. The number of nitrogens with zero attached hydrogens (tertiary/aromatic N) is 2. The number of hydrogen-bond acceptors (Lipinski definition) is 6. The summed E-state index contributed by atoms with van der Waals surface area (Å²) in [5, 5.41) is 2.82. The zero-order valence-corrected chi connectivity index (χ0v) is 21.4. The first-order valence-corrected chi connectivity index (χ1v) is 13.3. The van der Waals surface area contributed by atoms with E-state index in [1.807, 2.05) is 38.1 Å². The minimum Gasteiger partial charge on any atom is -0.454 e. The number of rotatable bonds is 11. The van der Waals surface area contributed by atoms with Crippen LogP contribution in [0, 0.1) is 6.92 Å². The molecule has 0 spiro atoms. The molecule has 0 fully saturated rings. The van der Waals surface area contributed by atoms with Crippen LogP contribution in [-0.2, 0) is 26.2 Å². The van der Waals surface area contributed by atoms with Crippen LogP contribution in [0.15, 0.2) is 42.5 Å². The molecule has 10 heteroatoms. The lowest BCUT2D eigenvalue weighted by molar-refractivity contribution is -0.139. The Morgan fingerprint density at radius 1 is 1.09 bits per heavy atom. The Morgan fingerprint density at radius 2 is 1.83 bits per heavy atom. The standard InChI is InChI=1S/C25H33N3O6S/c1-5-12-26-25(30)19(4)27(15-20-9-7-8-18(3)13-20)24(29)16-28(35(31,32)6-2)21-10-11-22-23(14-21)34-17-33-22/h7-11,13-14,19H,5-6,12,15-17H2,1-4H3,(H,26,30)/t19-/m1/s1. The highest BCUT2D eigenvalue weighted by Crippen LogP contribution is 2.36. The number of hydrogen-bond donors (Lipinski definition) is 1. The second-order valence-corrected chi connectivity index (χ2v) is 10.6. The summed E-state index contributed by atoms with van der Waals surface area (Å²) in [5.41, 5.74) is 2.16. The topological polar surface area (TPSA) is 105 Å². The van der Waals surface area contributed by atoms with Crippen LogP contribution in [0.1, 0.15) is 38.3 Å². The summed E-state index contributed by atoms with van der Waals surface area (Å²) < 4.78 is 37.8. The molecular weight excluding hydrogens is 470 g/mol. The number of ether oxygens (including phenoxy) is 2. The molecule has 3 rings (SSSR count). The van der Waals surface area contributed by atoms with Crippen LogP contribution in [0.4, 0.5) is 5.69 Å². The molecule has 0 bridgehead atoms. The van der Waals surface area contributed by atoms with Crippen molar-refractivity contribution in [3.63, 3.8) is 0 Å². The number of sulfonamides is 1. The second-order valence-electron chi connectivity index (χ2n) is 8.42. The van der Waals surface area contributed by atoms with E-state index in [-0.39, 0.29) is 25.0 Å². The Bertz CT molecular complexity index is 1170.